The molecule has 26 heavy (non-hydrogen) atoms. The highest BCUT2D eigenvalue weighted by atomic mass is 32.2. The molecule has 4 rings (SSSR count). The first-order chi connectivity index (χ1) is 12.5. The zero-order valence-corrected chi connectivity index (χ0v) is 14.7. The summed E-state index contributed by atoms with van der Waals surface area (Å²) in [5.41, 5.74) is -0.0233. The Bertz CT molecular complexity index is 1140. The van der Waals surface area contributed by atoms with Gasteiger partial charge in [-0.05, 0) is 12.1 Å². The molecule has 0 spiro atoms. The number of aromatic amines is 1. The van der Waals surface area contributed by atoms with E-state index in [9.17, 15) is 14.4 Å². The van der Waals surface area contributed by atoms with Crippen molar-refractivity contribution in [2.45, 2.75) is 18.2 Å². The number of carbonyl (C=O) groups excluding carboxylic acids is 1. The maximum Gasteiger partial charge on any atom is 0.267 e. The number of thioether (sulfide) groups is 1. The number of fused-ring (bicyclic) bond motifs is 2. The number of para-hydroxylation sites is 1. The predicted molar refractivity (Wildman–Crippen MR) is 97.4 cm³/mol. The molecule has 2 aromatic heterocycles. The molecule has 0 saturated heterocycles. The number of carbonyl (C=O) groups is 1. The molecule has 0 radical (unpaired) electrons. The van der Waals surface area contributed by atoms with Gasteiger partial charge in [0.1, 0.15) is 11.4 Å². The number of aromatic nitrogens is 4. The van der Waals surface area contributed by atoms with E-state index in [-0.39, 0.29) is 23.2 Å². The second-order valence-corrected chi connectivity index (χ2v) is 7.01. The molecular weight excluding hydrogens is 354 g/mol. The molecule has 132 valence electrons. The van der Waals surface area contributed by atoms with Crippen LogP contribution in [0.1, 0.15) is 16.2 Å². The molecule has 0 fully saturated rings. The van der Waals surface area contributed by atoms with E-state index < -0.39 is 5.91 Å². The summed E-state index contributed by atoms with van der Waals surface area (Å²) in [5, 5.41) is 1.12. The van der Waals surface area contributed by atoms with Crippen molar-refractivity contribution in [3.63, 3.8) is 0 Å². The number of amides is 1. The van der Waals surface area contributed by atoms with Crippen LogP contribution in [-0.4, -0.2) is 43.1 Å². The SMILES string of the molecule is CN(Cc1nc2ccccc2c(=O)[nH]1)C(=O)c1cnc2n(c1=O)CCS2. The highest BCUT2D eigenvalue weighted by Crippen LogP contribution is 2.20. The fourth-order valence-electron chi connectivity index (χ4n) is 2.88. The van der Waals surface area contributed by atoms with Gasteiger partial charge in [0.15, 0.2) is 5.16 Å². The fourth-order valence-corrected chi connectivity index (χ4v) is 3.79. The molecule has 1 aliphatic rings. The lowest BCUT2D eigenvalue weighted by atomic mass is 10.2. The summed E-state index contributed by atoms with van der Waals surface area (Å²) in [5.74, 6) is 0.678. The summed E-state index contributed by atoms with van der Waals surface area (Å²) in [6.07, 6.45) is 1.32. The van der Waals surface area contributed by atoms with Crippen LogP contribution in [0.5, 0.6) is 0 Å². The lowest BCUT2D eigenvalue weighted by molar-refractivity contribution is 0.0778. The van der Waals surface area contributed by atoms with E-state index >= 15 is 0 Å². The molecule has 0 unspecified atom stereocenters. The minimum atomic E-state index is -0.453. The largest absolute Gasteiger partial charge is 0.334 e. The fraction of sp³-hybridized carbons (Fsp3) is 0.235. The number of benzene rings is 1. The molecule has 0 aliphatic carbocycles. The van der Waals surface area contributed by atoms with Gasteiger partial charge in [-0.25, -0.2) is 9.97 Å². The molecule has 1 aliphatic heterocycles. The first kappa shape index (κ1) is 16.5. The monoisotopic (exact) mass is 369 g/mol. The summed E-state index contributed by atoms with van der Waals surface area (Å²) >= 11 is 1.49. The summed E-state index contributed by atoms with van der Waals surface area (Å²) in [4.78, 5) is 49.9. The van der Waals surface area contributed by atoms with Gasteiger partial charge in [-0.15, -0.1) is 0 Å². The third-order valence-electron chi connectivity index (χ3n) is 4.18. The number of hydrogen-bond donors (Lipinski definition) is 1. The number of H-pyrrole nitrogens is 1. The number of rotatable bonds is 3. The van der Waals surface area contributed by atoms with E-state index in [4.69, 9.17) is 0 Å². The minimum Gasteiger partial charge on any atom is -0.334 e. The van der Waals surface area contributed by atoms with Crippen LogP contribution in [0, 0.1) is 0 Å². The number of hydrogen-bond acceptors (Lipinski definition) is 6. The predicted octanol–water partition coefficient (Wildman–Crippen LogP) is 0.858. The molecule has 0 saturated carbocycles. The molecule has 1 amide bonds. The van der Waals surface area contributed by atoms with Crippen LogP contribution >= 0.6 is 11.8 Å². The summed E-state index contributed by atoms with van der Waals surface area (Å²) in [7, 11) is 1.56. The van der Waals surface area contributed by atoms with Gasteiger partial charge >= 0.3 is 0 Å². The Balaban J connectivity index is 1.63. The molecule has 9 heteroatoms. The van der Waals surface area contributed by atoms with Crippen molar-refractivity contribution in [1.82, 2.24) is 24.4 Å². The maximum absolute atomic E-state index is 12.7. The van der Waals surface area contributed by atoms with E-state index in [2.05, 4.69) is 15.0 Å². The van der Waals surface area contributed by atoms with Crippen molar-refractivity contribution < 1.29 is 4.79 Å². The van der Waals surface area contributed by atoms with Crippen LogP contribution in [0.25, 0.3) is 10.9 Å². The zero-order valence-electron chi connectivity index (χ0n) is 13.9. The van der Waals surface area contributed by atoms with Crippen LogP contribution in [0.2, 0.25) is 0 Å². The summed E-state index contributed by atoms with van der Waals surface area (Å²) in [6.45, 7) is 0.630. The van der Waals surface area contributed by atoms with E-state index in [1.807, 2.05) is 0 Å². The average Bonchev–Trinajstić information content (AvgIpc) is 3.11. The van der Waals surface area contributed by atoms with E-state index in [0.29, 0.717) is 28.4 Å². The zero-order chi connectivity index (χ0) is 18.3. The maximum atomic E-state index is 12.7. The summed E-state index contributed by atoms with van der Waals surface area (Å²) in [6, 6.07) is 6.99. The van der Waals surface area contributed by atoms with E-state index in [0.717, 1.165) is 5.75 Å². The Labute approximate surface area is 151 Å². The van der Waals surface area contributed by atoms with E-state index in [1.165, 1.54) is 27.4 Å². The van der Waals surface area contributed by atoms with Crippen molar-refractivity contribution in [3.8, 4) is 0 Å². The highest BCUT2D eigenvalue weighted by Gasteiger charge is 2.22. The number of nitrogens with one attached hydrogen (secondary N) is 1. The van der Waals surface area contributed by atoms with Crippen molar-refractivity contribution in [3.05, 3.63) is 62.6 Å². The molecule has 3 heterocycles. The molecule has 3 aromatic rings. The lowest BCUT2D eigenvalue weighted by Crippen LogP contribution is -2.35. The number of nitrogens with zero attached hydrogens (tertiary/aromatic N) is 4. The second-order valence-electron chi connectivity index (χ2n) is 5.95. The molecular formula is C17H15N5O3S. The Morgan fingerprint density at radius 1 is 1.35 bits per heavy atom. The smallest absolute Gasteiger partial charge is 0.267 e. The van der Waals surface area contributed by atoms with Crippen LogP contribution in [0.4, 0.5) is 0 Å². The van der Waals surface area contributed by atoms with Gasteiger partial charge in [0.25, 0.3) is 17.0 Å². The summed E-state index contributed by atoms with van der Waals surface area (Å²) < 4.78 is 1.52. The van der Waals surface area contributed by atoms with E-state index in [1.54, 1.807) is 31.3 Å². The van der Waals surface area contributed by atoms with Gasteiger partial charge in [-0.1, -0.05) is 23.9 Å². The highest BCUT2D eigenvalue weighted by molar-refractivity contribution is 7.99. The van der Waals surface area contributed by atoms with Gasteiger partial charge in [0, 0.05) is 25.5 Å². The topological polar surface area (TPSA) is 101 Å². The minimum absolute atomic E-state index is 0.0156. The third kappa shape index (κ3) is 2.80. The van der Waals surface area contributed by atoms with Gasteiger partial charge in [-0.2, -0.15) is 0 Å². The van der Waals surface area contributed by atoms with Crippen molar-refractivity contribution in [2.75, 3.05) is 12.8 Å². The molecule has 8 nitrogen and oxygen atoms in total. The third-order valence-corrected chi connectivity index (χ3v) is 5.15. The van der Waals surface area contributed by atoms with Gasteiger partial charge < -0.3 is 9.88 Å². The lowest BCUT2D eigenvalue weighted by Gasteiger charge is -2.16. The first-order valence-electron chi connectivity index (χ1n) is 8.00. The van der Waals surface area contributed by atoms with Crippen LogP contribution in [0.15, 0.2) is 45.2 Å². The Morgan fingerprint density at radius 3 is 3.00 bits per heavy atom. The Kier molecular flexibility index (Phi) is 4.08. The average molecular weight is 369 g/mol. The van der Waals surface area contributed by atoms with Crippen molar-refractivity contribution in [2.24, 2.45) is 0 Å². The van der Waals surface area contributed by atoms with Crippen molar-refractivity contribution in [1.29, 1.82) is 0 Å². The van der Waals surface area contributed by atoms with Crippen molar-refractivity contribution >= 4 is 28.6 Å². The molecule has 1 N–H and O–H groups in total. The van der Waals surface area contributed by atoms with Gasteiger partial charge in [0.05, 0.1) is 17.4 Å². The quantitative estimate of drug-likeness (QED) is 0.687. The van der Waals surface area contributed by atoms with Gasteiger partial charge in [-0.3, -0.25) is 19.0 Å². The second kappa shape index (κ2) is 6.41. The Morgan fingerprint density at radius 2 is 2.15 bits per heavy atom. The van der Waals surface area contributed by atoms with Crippen LogP contribution in [0.3, 0.4) is 0 Å². The standard InChI is InChI=1S/C17H15N5O3S/c1-21(9-13-19-12-5-3-2-4-10(12)14(23)20-13)15(24)11-8-18-17-22(16(11)25)6-7-26-17/h2-5,8H,6-7,9H2,1H3,(H,19,20,23). The first-order valence-corrected chi connectivity index (χ1v) is 8.99. The van der Waals surface area contributed by atoms with Gasteiger partial charge in [0.2, 0.25) is 0 Å². The van der Waals surface area contributed by atoms with Crippen LogP contribution < -0.4 is 11.1 Å². The molecule has 1 aromatic carbocycles. The normalized spacial score (nSPS) is 13.0. The molecule has 0 atom stereocenters. The molecule has 0 bridgehead atoms. The van der Waals surface area contributed by atoms with Crippen LogP contribution in [-0.2, 0) is 13.1 Å². The Hall–Kier alpha value is -2.94.